The van der Waals surface area contributed by atoms with Crippen LogP contribution in [-0.2, 0) is 19.1 Å². The number of hydrogen-bond donors (Lipinski definition) is 2. The minimum Gasteiger partial charge on any atom is -0.478 e. The fourth-order valence-electron chi connectivity index (χ4n) is 1.80. The molecule has 0 aromatic heterocycles. The molecule has 0 bridgehead atoms. The normalized spacial score (nSPS) is 19.2. The predicted octanol–water partition coefficient (Wildman–Crippen LogP) is 0.189. The maximum absolute atomic E-state index is 12.8. The average molecular weight is 313 g/mol. The molecular formula is C14H16FNO6. The quantitative estimate of drug-likeness (QED) is 0.778. The van der Waals surface area contributed by atoms with Crippen LogP contribution in [0.15, 0.2) is 24.3 Å². The summed E-state index contributed by atoms with van der Waals surface area (Å²) in [4.78, 5) is 23.0. The first-order valence-electron chi connectivity index (χ1n) is 6.68. The first-order chi connectivity index (χ1) is 10.6. The molecule has 0 aliphatic carbocycles. The van der Waals surface area contributed by atoms with Gasteiger partial charge in [0.05, 0.1) is 26.4 Å². The van der Waals surface area contributed by atoms with Crippen LogP contribution in [0, 0.1) is 5.82 Å². The van der Waals surface area contributed by atoms with Crippen LogP contribution in [0.1, 0.15) is 0 Å². The molecule has 1 aromatic carbocycles. The number of amides is 1. The number of rotatable bonds is 6. The van der Waals surface area contributed by atoms with Crippen molar-refractivity contribution in [2.45, 2.75) is 12.2 Å². The Morgan fingerprint density at radius 1 is 1.36 bits per heavy atom. The van der Waals surface area contributed by atoms with E-state index in [1.54, 1.807) is 0 Å². The van der Waals surface area contributed by atoms with E-state index in [4.69, 9.17) is 19.3 Å². The first-order valence-corrected chi connectivity index (χ1v) is 6.68. The number of aliphatic carboxylic acids is 1. The summed E-state index contributed by atoms with van der Waals surface area (Å²) in [6.07, 6.45) is -2.05. The number of carbonyl (C=O) groups is 2. The molecule has 22 heavy (non-hydrogen) atoms. The number of halogens is 1. The summed E-state index contributed by atoms with van der Waals surface area (Å²) in [7, 11) is 0. The zero-order valence-electron chi connectivity index (χ0n) is 11.7. The Bertz CT molecular complexity index is 515. The van der Waals surface area contributed by atoms with Crippen molar-refractivity contribution in [1.82, 2.24) is 5.32 Å². The van der Waals surface area contributed by atoms with Gasteiger partial charge in [0.15, 0.2) is 6.10 Å². The van der Waals surface area contributed by atoms with Gasteiger partial charge in [0.1, 0.15) is 11.6 Å². The van der Waals surface area contributed by atoms with Crippen molar-refractivity contribution in [3.8, 4) is 5.75 Å². The lowest BCUT2D eigenvalue weighted by Crippen LogP contribution is -2.47. The van der Waals surface area contributed by atoms with Gasteiger partial charge < -0.3 is 24.6 Å². The third kappa shape index (κ3) is 4.68. The van der Waals surface area contributed by atoms with Gasteiger partial charge in [0.2, 0.25) is 6.10 Å². The molecule has 0 spiro atoms. The summed E-state index contributed by atoms with van der Waals surface area (Å²) >= 11 is 0. The summed E-state index contributed by atoms with van der Waals surface area (Å²) < 4.78 is 28.3. The molecule has 0 saturated carbocycles. The highest BCUT2D eigenvalue weighted by Crippen LogP contribution is 2.13. The van der Waals surface area contributed by atoms with Gasteiger partial charge in [-0.15, -0.1) is 0 Å². The Hall–Kier alpha value is -2.19. The van der Waals surface area contributed by atoms with Crippen LogP contribution in [0.5, 0.6) is 5.75 Å². The van der Waals surface area contributed by atoms with Crippen LogP contribution in [0.4, 0.5) is 4.39 Å². The number of ether oxygens (including phenoxy) is 3. The van der Waals surface area contributed by atoms with Crippen molar-refractivity contribution in [2.75, 3.05) is 26.4 Å². The van der Waals surface area contributed by atoms with E-state index < -0.39 is 29.9 Å². The third-order valence-electron chi connectivity index (χ3n) is 2.94. The zero-order valence-corrected chi connectivity index (χ0v) is 11.7. The van der Waals surface area contributed by atoms with Crippen LogP contribution < -0.4 is 10.1 Å². The SMILES string of the molecule is O=C(O)C(CNC(=O)C1COCCO1)Oc1ccc(F)cc1. The Balaban J connectivity index is 1.87. The topological polar surface area (TPSA) is 94.1 Å². The molecule has 1 aliphatic heterocycles. The molecule has 1 saturated heterocycles. The highest BCUT2D eigenvalue weighted by molar-refractivity contribution is 5.82. The first kappa shape index (κ1) is 16.2. The highest BCUT2D eigenvalue weighted by Gasteiger charge is 2.26. The number of carboxylic acids is 1. The molecule has 1 heterocycles. The summed E-state index contributed by atoms with van der Waals surface area (Å²) in [5.74, 6) is -1.97. The number of benzene rings is 1. The monoisotopic (exact) mass is 313 g/mol. The lowest BCUT2D eigenvalue weighted by Gasteiger charge is -2.23. The zero-order chi connectivity index (χ0) is 15.9. The maximum Gasteiger partial charge on any atom is 0.346 e. The van der Waals surface area contributed by atoms with E-state index in [1.165, 1.54) is 12.1 Å². The van der Waals surface area contributed by atoms with Gasteiger partial charge in [-0.1, -0.05) is 0 Å². The minimum atomic E-state index is -1.29. The molecule has 120 valence electrons. The van der Waals surface area contributed by atoms with E-state index in [0.29, 0.717) is 13.2 Å². The van der Waals surface area contributed by atoms with Crippen LogP contribution in [0.3, 0.4) is 0 Å². The van der Waals surface area contributed by atoms with Crippen molar-refractivity contribution >= 4 is 11.9 Å². The van der Waals surface area contributed by atoms with Gasteiger partial charge in [0.25, 0.3) is 5.91 Å². The smallest absolute Gasteiger partial charge is 0.346 e. The van der Waals surface area contributed by atoms with Crippen molar-refractivity contribution in [2.24, 2.45) is 0 Å². The second kappa shape index (κ2) is 7.71. The van der Waals surface area contributed by atoms with E-state index in [-0.39, 0.29) is 18.9 Å². The van der Waals surface area contributed by atoms with Gasteiger partial charge in [0, 0.05) is 0 Å². The molecular weight excluding hydrogens is 297 g/mol. The molecule has 2 atom stereocenters. The number of hydrogen-bond acceptors (Lipinski definition) is 5. The van der Waals surface area contributed by atoms with E-state index in [2.05, 4.69) is 5.32 Å². The minimum absolute atomic E-state index is 0.127. The van der Waals surface area contributed by atoms with Crippen molar-refractivity contribution in [1.29, 1.82) is 0 Å². The number of nitrogens with one attached hydrogen (secondary N) is 1. The van der Waals surface area contributed by atoms with E-state index >= 15 is 0 Å². The Morgan fingerprint density at radius 2 is 2.09 bits per heavy atom. The fourth-order valence-corrected chi connectivity index (χ4v) is 1.80. The lowest BCUT2D eigenvalue weighted by atomic mass is 10.3. The second-order valence-electron chi connectivity index (χ2n) is 4.58. The van der Waals surface area contributed by atoms with Crippen LogP contribution in [0.2, 0.25) is 0 Å². The Morgan fingerprint density at radius 3 is 2.68 bits per heavy atom. The maximum atomic E-state index is 12.8. The predicted molar refractivity (Wildman–Crippen MR) is 72.0 cm³/mol. The molecule has 8 heteroatoms. The number of carboxylic acid groups (broad SMARTS) is 1. The van der Waals surface area contributed by atoms with Crippen LogP contribution in [0.25, 0.3) is 0 Å². The van der Waals surface area contributed by atoms with Crippen molar-refractivity contribution in [3.63, 3.8) is 0 Å². The molecule has 1 aromatic rings. The van der Waals surface area contributed by atoms with Gasteiger partial charge in [-0.3, -0.25) is 4.79 Å². The van der Waals surface area contributed by atoms with E-state index in [0.717, 1.165) is 12.1 Å². The van der Waals surface area contributed by atoms with Crippen LogP contribution in [-0.4, -0.2) is 55.6 Å². The summed E-state index contributed by atoms with van der Waals surface area (Å²) in [5, 5.41) is 11.5. The Kier molecular flexibility index (Phi) is 5.68. The summed E-state index contributed by atoms with van der Waals surface area (Å²) in [6.45, 7) is 0.621. The van der Waals surface area contributed by atoms with Crippen molar-refractivity contribution < 1.29 is 33.3 Å². The molecule has 1 fully saturated rings. The van der Waals surface area contributed by atoms with Gasteiger partial charge >= 0.3 is 5.97 Å². The lowest BCUT2D eigenvalue weighted by molar-refractivity contribution is -0.149. The summed E-state index contributed by atoms with van der Waals surface area (Å²) in [6, 6.07) is 4.93. The average Bonchev–Trinajstić information content (AvgIpc) is 2.53. The fraction of sp³-hybridized carbons (Fsp3) is 0.429. The highest BCUT2D eigenvalue weighted by atomic mass is 19.1. The van der Waals surface area contributed by atoms with Gasteiger partial charge in [-0.25, -0.2) is 9.18 Å². The molecule has 0 radical (unpaired) electrons. The molecule has 2 unspecified atom stereocenters. The van der Waals surface area contributed by atoms with Crippen LogP contribution >= 0.6 is 0 Å². The molecule has 1 aliphatic rings. The molecule has 7 nitrogen and oxygen atoms in total. The van der Waals surface area contributed by atoms with E-state index in [9.17, 15) is 14.0 Å². The molecule has 2 N–H and O–H groups in total. The standard InChI is InChI=1S/C14H16FNO6/c15-9-1-3-10(4-2-9)22-11(14(18)19)7-16-13(17)12-8-20-5-6-21-12/h1-4,11-12H,5-8H2,(H,16,17)(H,18,19). The van der Waals surface area contributed by atoms with E-state index in [1.807, 2.05) is 0 Å². The Labute approximate surface area is 126 Å². The molecule has 2 rings (SSSR count). The third-order valence-corrected chi connectivity index (χ3v) is 2.94. The largest absolute Gasteiger partial charge is 0.478 e. The van der Waals surface area contributed by atoms with Gasteiger partial charge in [-0.2, -0.15) is 0 Å². The number of carbonyl (C=O) groups excluding carboxylic acids is 1. The van der Waals surface area contributed by atoms with Crippen molar-refractivity contribution in [3.05, 3.63) is 30.1 Å². The summed E-state index contributed by atoms with van der Waals surface area (Å²) in [5.41, 5.74) is 0. The molecule has 1 amide bonds. The van der Waals surface area contributed by atoms with Gasteiger partial charge in [-0.05, 0) is 24.3 Å². The second-order valence-corrected chi connectivity index (χ2v) is 4.58.